The molecule has 2 aliphatic heterocycles. The van der Waals surface area contributed by atoms with Crippen molar-refractivity contribution < 1.29 is 14.0 Å². The Labute approximate surface area is 61.5 Å². The maximum absolute atomic E-state index is 5.43. The van der Waals surface area contributed by atoms with Gasteiger partial charge in [0.1, 0.15) is 5.85 Å². The van der Waals surface area contributed by atoms with Gasteiger partial charge in [0, 0.05) is 0 Å². The van der Waals surface area contributed by atoms with Crippen LogP contribution in [0.2, 0.25) is 0 Å². The number of rotatable bonds is 0. The molecule has 0 radical (unpaired) electrons. The van der Waals surface area contributed by atoms with Crippen LogP contribution in [0, 0.1) is 0 Å². The lowest BCUT2D eigenvalue weighted by Crippen LogP contribution is -2.28. The van der Waals surface area contributed by atoms with Gasteiger partial charge in [-0.2, -0.15) is 0 Å². The zero-order valence-corrected chi connectivity index (χ0v) is 7.06. The van der Waals surface area contributed by atoms with Gasteiger partial charge in [-0.3, -0.25) is 0 Å². The zero-order chi connectivity index (χ0) is 7.19. The summed E-state index contributed by atoms with van der Waals surface area (Å²) in [7, 11) is -0.257. The molecule has 0 aromatic rings. The summed E-state index contributed by atoms with van der Waals surface area (Å²) >= 11 is 0. The molecule has 0 amide bonds. The Morgan fingerprint density at radius 1 is 1.40 bits per heavy atom. The van der Waals surface area contributed by atoms with Gasteiger partial charge in [-0.1, -0.05) is 0 Å². The average Bonchev–Trinajstić information content (AvgIpc) is 2.56. The van der Waals surface area contributed by atoms with Crippen molar-refractivity contribution in [1.82, 2.24) is 0 Å². The van der Waals surface area contributed by atoms with E-state index in [0.29, 0.717) is 12.5 Å². The SMILES string of the molecule is CC1(C)OCC2OP2CO1. The Bertz CT molecular complexity index is 134. The van der Waals surface area contributed by atoms with Gasteiger partial charge >= 0.3 is 0 Å². The van der Waals surface area contributed by atoms with Crippen LogP contribution in [0.1, 0.15) is 13.8 Å². The smallest absolute Gasteiger partial charge is 0.163 e. The molecule has 0 aromatic heterocycles. The molecule has 2 unspecified atom stereocenters. The largest absolute Gasteiger partial charge is 0.347 e. The second-order valence-electron chi connectivity index (χ2n) is 2.96. The summed E-state index contributed by atoms with van der Waals surface area (Å²) in [6, 6.07) is 0. The summed E-state index contributed by atoms with van der Waals surface area (Å²) in [5.41, 5.74) is 0. The van der Waals surface area contributed by atoms with Gasteiger partial charge in [-0.15, -0.1) is 0 Å². The second-order valence-corrected chi connectivity index (χ2v) is 4.84. The molecule has 2 fully saturated rings. The monoisotopic (exact) mass is 162 g/mol. The standard InChI is InChI=1S/C6H11O3P/c1-6(2)7-3-5-9-10(5)4-8-6/h5H,3-4H2,1-2H3. The van der Waals surface area contributed by atoms with Crippen molar-refractivity contribution in [2.75, 3.05) is 13.0 Å². The summed E-state index contributed by atoms with van der Waals surface area (Å²) in [6.45, 7) is 4.58. The van der Waals surface area contributed by atoms with Crippen LogP contribution in [0.3, 0.4) is 0 Å². The van der Waals surface area contributed by atoms with E-state index in [1.54, 1.807) is 0 Å². The Hall–Kier alpha value is 0.310. The molecule has 0 aromatic carbocycles. The molecule has 0 saturated carbocycles. The van der Waals surface area contributed by atoms with E-state index in [-0.39, 0.29) is 13.9 Å². The van der Waals surface area contributed by atoms with Gasteiger partial charge in [0.2, 0.25) is 0 Å². The van der Waals surface area contributed by atoms with Crippen molar-refractivity contribution in [2.24, 2.45) is 0 Å². The van der Waals surface area contributed by atoms with Gasteiger partial charge in [0.05, 0.1) is 21.1 Å². The van der Waals surface area contributed by atoms with Crippen molar-refractivity contribution in [3.05, 3.63) is 0 Å². The minimum absolute atomic E-state index is 0.257. The molecule has 2 saturated heterocycles. The van der Waals surface area contributed by atoms with Crippen LogP contribution in [-0.2, 0) is 14.0 Å². The van der Waals surface area contributed by atoms with Crippen molar-refractivity contribution in [3.8, 4) is 0 Å². The predicted octanol–water partition coefficient (Wildman–Crippen LogP) is 1.48. The lowest BCUT2D eigenvalue weighted by atomic mass is 10.4. The number of hydrogen-bond donors (Lipinski definition) is 0. The summed E-state index contributed by atoms with van der Waals surface area (Å²) in [5.74, 6) is -0.0178. The molecule has 0 spiro atoms. The van der Waals surface area contributed by atoms with Crippen molar-refractivity contribution in [2.45, 2.75) is 25.5 Å². The van der Waals surface area contributed by atoms with Gasteiger partial charge in [0.15, 0.2) is 5.79 Å². The highest BCUT2D eigenvalue weighted by Crippen LogP contribution is 2.62. The van der Waals surface area contributed by atoms with Crippen LogP contribution >= 0.6 is 8.15 Å². The minimum Gasteiger partial charge on any atom is -0.347 e. The van der Waals surface area contributed by atoms with E-state index >= 15 is 0 Å². The average molecular weight is 162 g/mol. The van der Waals surface area contributed by atoms with E-state index in [9.17, 15) is 0 Å². The second kappa shape index (κ2) is 2.15. The molecule has 10 heavy (non-hydrogen) atoms. The van der Waals surface area contributed by atoms with Crippen molar-refractivity contribution in [1.29, 1.82) is 0 Å². The normalized spacial score (nSPS) is 43.8. The fourth-order valence-corrected chi connectivity index (χ4v) is 2.31. The highest BCUT2D eigenvalue weighted by atomic mass is 31.2. The highest BCUT2D eigenvalue weighted by Gasteiger charge is 2.44. The van der Waals surface area contributed by atoms with Gasteiger partial charge < -0.3 is 14.0 Å². The number of ether oxygens (including phenoxy) is 2. The molecule has 0 aliphatic carbocycles. The third kappa shape index (κ3) is 1.32. The fraction of sp³-hybridized carbons (Fsp3) is 1.00. The van der Waals surface area contributed by atoms with Gasteiger partial charge in [0.25, 0.3) is 0 Å². The Morgan fingerprint density at radius 3 is 3.00 bits per heavy atom. The molecule has 0 N–H and O–H groups in total. The predicted molar refractivity (Wildman–Crippen MR) is 37.8 cm³/mol. The van der Waals surface area contributed by atoms with E-state index < -0.39 is 0 Å². The van der Waals surface area contributed by atoms with E-state index in [1.807, 2.05) is 13.8 Å². The maximum atomic E-state index is 5.43. The topological polar surface area (TPSA) is 31.0 Å². The van der Waals surface area contributed by atoms with E-state index in [1.165, 1.54) is 0 Å². The van der Waals surface area contributed by atoms with Crippen LogP contribution < -0.4 is 0 Å². The van der Waals surface area contributed by atoms with Crippen molar-refractivity contribution >= 4 is 8.15 Å². The zero-order valence-electron chi connectivity index (χ0n) is 6.16. The summed E-state index contributed by atoms with van der Waals surface area (Å²) in [4.78, 5) is 0. The summed E-state index contributed by atoms with van der Waals surface area (Å²) < 4.78 is 16.1. The van der Waals surface area contributed by atoms with Crippen LogP contribution in [0.15, 0.2) is 0 Å². The lowest BCUT2D eigenvalue weighted by Gasteiger charge is -2.22. The first-order valence-corrected chi connectivity index (χ1v) is 4.90. The molecule has 2 heterocycles. The summed E-state index contributed by atoms with van der Waals surface area (Å²) in [6.07, 6.45) is 0.743. The maximum Gasteiger partial charge on any atom is 0.163 e. The van der Waals surface area contributed by atoms with Crippen LogP contribution in [0.4, 0.5) is 0 Å². The molecule has 3 nitrogen and oxygen atoms in total. The first-order chi connectivity index (χ1) is 4.67. The van der Waals surface area contributed by atoms with Gasteiger partial charge in [-0.25, -0.2) is 0 Å². The van der Waals surface area contributed by atoms with Crippen LogP contribution in [0.25, 0.3) is 0 Å². The summed E-state index contributed by atoms with van der Waals surface area (Å²) in [5, 5.41) is 0. The van der Waals surface area contributed by atoms with Gasteiger partial charge in [-0.05, 0) is 13.8 Å². The third-order valence-corrected chi connectivity index (χ3v) is 3.24. The Morgan fingerprint density at radius 2 is 2.20 bits per heavy atom. The highest BCUT2D eigenvalue weighted by molar-refractivity contribution is 7.59. The Balaban J connectivity index is 1.96. The first kappa shape index (κ1) is 6.99. The molecule has 58 valence electrons. The lowest BCUT2D eigenvalue weighted by molar-refractivity contribution is -0.202. The van der Waals surface area contributed by atoms with E-state index in [0.717, 1.165) is 6.35 Å². The molecule has 0 bridgehead atoms. The Kier molecular flexibility index (Phi) is 1.50. The quantitative estimate of drug-likeness (QED) is 0.399. The molecule has 2 rings (SSSR count). The van der Waals surface area contributed by atoms with E-state index in [4.69, 9.17) is 14.0 Å². The number of fused-ring (bicyclic) bond motifs is 1. The molecular weight excluding hydrogens is 151 g/mol. The van der Waals surface area contributed by atoms with E-state index in [2.05, 4.69) is 0 Å². The van der Waals surface area contributed by atoms with Crippen LogP contribution in [0.5, 0.6) is 0 Å². The minimum atomic E-state index is -0.390. The third-order valence-electron chi connectivity index (χ3n) is 1.65. The molecule has 2 atom stereocenters. The number of hydrogen-bond acceptors (Lipinski definition) is 3. The van der Waals surface area contributed by atoms with Crippen molar-refractivity contribution in [3.63, 3.8) is 0 Å². The molecule has 2 aliphatic rings. The molecule has 4 heteroatoms. The fourth-order valence-electron chi connectivity index (χ4n) is 0.889. The van der Waals surface area contributed by atoms with Crippen LogP contribution in [-0.4, -0.2) is 24.6 Å². The first-order valence-electron chi connectivity index (χ1n) is 3.39. The molecular formula is C6H11O3P.